The van der Waals surface area contributed by atoms with Gasteiger partial charge in [0.05, 0.1) is 23.3 Å². The zero-order valence-corrected chi connectivity index (χ0v) is 21.7. The SMILES string of the molecule is Cc1cnn(CCCNC(=O)c2ccc(/C=C3\Sc4ccccc4N(Cc4ccccc4F)C3=O)cc2)c1. The fourth-order valence-corrected chi connectivity index (χ4v) is 5.29. The summed E-state index contributed by atoms with van der Waals surface area (Å²) in [4.78, 5) is 29.1. The number of amides is 2. The number of aryl methyl sites for hydroxylation is 2. The quantitative estimate of drug-likeness (QED) is 0.232. The van der Waals surface area contributed by atoms with Crippen LogP contribution in [0.1, 0.15) is 33.5 Å². The first kappa shape index (κ1) is 25.5. The van der Waals surface area contributed by atoms with Crippen molar-refractivity contribution >= 4 is 35.3 Å². The largest absolute Gasteiger partial charge is 0.352 e. The van der Waals surface area contributed by atoms with E-state index in [1.54, 1.807) is 35.2 Å². The zero-order chi connectivity index (χ0) is 26.5. The van der Waals surface area contributed by atoms with Crippen molar-refractivity contribution in [2.75, 3.05) is 11.4 Å². The van der Waals surface area contributed by atoms with Crippen LogP contribution in [-0.4, -0.2) is 28.1 Å². The van der Waals surface area contributed by atoms with E-state index in [1.807, 2.05) is 66.5 Å². The van der Waals surface area contributed by atoms with Gasteiger partial charge in [0.1, 0.15) is 5.82 Å². The number of nitrogens with one attached hydrogen (secondary N) is 1. The molecule has 0 saturated carbocycles. The number of rotatable bonds is 8. The highest BCUT2D eigenvalue weighted by molar-refractivity contribution is 8.04. The molecule has 1 aliphatic heterocycles. The lowest BCUT2D eigenvalue weighted by molar-refractivity contribution is -0.114. The summed E-state index contributed by atoms with van der Waals surface area (Å²) < 4.78 is 16.2. The molecule has 6 nitrogen and oxygen atoms in total. The Kier molecular flexibility index (Phi) is 7.70. The molecule has 2 heterocycles. The highest BCUT2D eigenvalue weighted by Gasteiger charge is 2.29. The number of carbonyl (C=O) groups excluding carboxylic acids is 2. The summed E-state index contributed by atoms with van der Waals surface area (Å²) >= 11 is 1.39. The van der Waals surface area contributed by atoms with Crippen LogP contribution < -0.4 is 10.2 Å². The molecule has 0 bridgehead atoms. The topological polar surface area (TPSA) is 67.2 Å². The van der Waals surface area contributed by atoms with Crippen molar-refractivity contribution in [1.29, 1.82) is 0 Å². The van der Waals surface area contributed by atoms with Gasteiger partial charge in [-0.25, -0.2) is 4.39 Å². The monoisotopic (exact) mass is 526 g/mol. The maximum atomic E-state index is 14.4. The van der Waals surface area contributed by atoms with Crippen LogP contribution in [0.25, 0.3) is 6.08 Å². The number of hydrogen-bond donors (Lipinski definition) is 1. The maximum Gasteiger partial charge on any atom is 0.265 e. The summed E-state index contributed by atoms with van der Waals surface area (Å²) in [6, 6.07) is 21.3. The van der Waals surface area contributed by atoms with E-state index in [4.69, 9.17) is 0 Å². The number of nitrogens with zero attached hydrogens (tertiary/aromatic N) is 3. The van der Waals surface area contributed by atoms with Crippen molar-refractivity contribution in [3.8, 4) is 0 Å². The number of anilines is 1. The van der Waals surface area contributed by atoms with Gasteiger partial charge in [-0.2, -0.15) is 5.10 Å². The Morgan fingerprint density at radius 3 is 2.58 bits per heavy atom. The van der Waals surface area contributed by atoms with E-state index in [9.17, 15) is 14.0 Å². The van der Waals surface area contributed by atoms with Crippen molar-refractivity contribution in [2.45, 2.75) is 31.3 Å². The second-order valence-electron chi connectivity index (χ2n) is 9.07. The minimum atomic E-state index is -0.341. The van der Waals surface area contributed by atoms with Crippen molar-refractivity contribution in [3.05, 3.63) is 118 Å². The normalized spacial score (nSPS) is 14.0. The highest BCUT2D eigenvalue weighted by atomic mass is 32.2. The average molecular weight is 527 g/mol. The first-order valence-corrected chi connectivity index (χ1v) is 13.2. The van der Waals surface area contributed by atoms with Crippen molar-refractivity contribution in [1.82, 2.24) is 15.1 Å². The van der Waals surface area contributed by atoms with Crippen LogP contribution in [0, 0.1) is 12.7 Å². The standard InChI is InChI=1S/C30H27FN4O2S/c1-21-18-33-34(19-21)16-6-15-32-29(36)23-13-11-22(12-14-23)17-28-30(37)35(20-24-7-2-3-8-25(24)31)26-9-4-5-10-27(26)38-28/h2-5,7-14,17-19H,6,15-16,20H2,1H3,(H,32,36)/b28-17-. The number of thioether (sulfide) groups is 1. The summed E-state index contributed by atoms with van der Waals surface area (Å²) in [5.41, 5.74) is 3.68. The number of carbonyl (C=O) groups is 2. The van der Waals surface area contributed by atoms with E-state index >= 15 is 0 Å². The summed E-state index contributed by atoms with van der Waals surface area (Å²) in [7, 11) is 0. The Morgan fingerprint density at radius 1 is 1.05 bits per heavy atom. The van der Waals surface area contributed by atoms with E-state index in [2.05, 4.69) is 10.4 Å². The van der Waals surface area contributed by atoms with Crippen LogP contribution in [0.5, 0.6) is 0 Å². The van der Waals surface area contributed by atoms with E-state index in [0.29, 0.717) is 22.6 Å². The summed E-state index contributed by atoms with van der Waals surface area (Å²) in [5.74, 6) is -0.674. The van der Waals surface area contributed by atoms with Crippen LogP contribution in [0.2, 0.25) is 0 Å². The van der Waals surface area contributed by atoms with Crippen molar-refractivity contribution in [2.24, 2.45) is 0 Å². The van der Waals surface area contributed by atoms with E-state index < -0.39 is 0 Å². The molecule has 2 amide bonds. The molecule has 0 spiro atoms. The van der Waals surface area contributed by atoms with Gasteiger partial charge in [0.15, 0.2) is 0 Å². The first-order chi connectivity index (χ1) is 18.5. The summed E-state index contributed by atoms with van der Waals surface area (Å²) in [5, 5.41) is 7.19. The Morgan fingerprint density at radius 2 is 1.82 bits per heavy atom. The molecule has 0 unspecified atom stereocenters. The van der Waals surface area contributed by atoms with Crippen molar-refractivity contribution < 1.29 is 14.0 Å². The molecule has 3 aromatic carbocycles. The fourth-order valence-electron chi connectivity index (χ4n) is 4.23. The van der Waals surface area contributed by atoms with Gasteiger partial charge in [-0.05, 0) is 60.9 Å². The Labute approximate surface area is 225 Å². The first-order valence-electron chi connectivity index (χ1n) is 12.4. The second kappa shape index (κ2) is 11.5. The van der Waals surface area contributed by atoms with Crippen molar-refractivity contribution in [3.63, 3.8) is 0 Å². The van der Waals surface area contributed by atoms with Crippen LogP contribution in [-0.2, 0) is 17.9 Å². The van der Waals surface area contributed by atoms with Gasteiger partial charge in [0, 0.05) is 35.3 Å². The van der Waals surface area contributed by atoms with Gasteiger partial charge < -0.3 is 10.2 Å². The van der Waals surface area contributed by atoms with E-state index in [0.717, 1.165) is 34.7 Å². The fraction of sp³-hybridized carbons (Fsp3) is 0.167. The third-order valence-electron chi connectivity index (χ3n) is 6.20. The lowest BCUT2D eigenvalue weighted by atomic mass is 10.1. The second-order valence-corrected chi connectivity index (χ2v) is 10.2. The lowest BCUT2D eigenvalue weighted by Gasteiger charge is -2.30. The molecule has 8 heteroatoms. The average Bonchev–Trinajstić information content (AvgIpc) is 3.35. The molecule has 0 atom stereocenters. The molecule has 0 aliphatic carbocycles. The van der Waals surface area contributed by atoms with Gasteiger partial charge in [0.25, 0.3) is 11.8 Å². The van der Waals surface area contributed by atoms with Gasteiger partial charge in [-0.15, -0.1) is 0 Å². The zero-order valence-electron chi connectivity index (χ0n) is 20.9. The van der Waals surface area contributed by atoms with Crippen LogP contribution in [0.3, 0.4) is 0 Å². The number of halogens is 1. The molecule has 192 valence electrons. The number of benzene rings is 3. The number of aromatic nitrogens is 2. The minimum absolute atomic E-state index is 0.138. The van der Waals surface area contributed by atoms with E-state index in [-0.39, 0.29) is 24.2 Å². The Bertz CT molecular complexity index is 1500. The minimum Gasteiger partial charge on any atom is -0.352 e. The molecule has 4 aromatic rings. The smallest absolute Gasteiger partial charge is 0.265 e. The molecule has 5 rings (SSSR count). The molecule has 0 radical (unpaired) electrons. The molecule has 1 aliphatic rings. The number of para-hydroxylation sites is 1. The number of fused-ring (bicyclic) bond motifs is 1. The van der Waals surface area contributed by atoms with Gasteiger partial charge in [-0.1, -0.05) is 54.2 Å². The molecule has 38 heavy (non-hydrogen) atoms. The third-order valence-corrected chi connectivity index (χ3v) is 7.28. The van der Waals surface area contributed by atoms with E-state index in [1.165, 1.54) is 17.8 Å². The molecule has 0 fully saturated rings. The third kappa shape index (κ3) is 5.86. The maximum absolute atomic E-state index is 14.4. The molecule has 1 aromatic heterocycles. The van der Waals surface area contributed by atoms with Crippen LogP contribution in [0.4, 0.5) is 10.1 Å². The number of hydrogen-bond acceptors (Lipinski definition) is 4. The predicted molar refractivity (Wildman–Crippen MR) is 148 cm³/mol. The predicted octanol–water partition coefficient (Wildman–Crippen LogP) is 5.83. The van der Waals surface area contributed by atoms with Gasteiger partial charge >= 0.3 is 0 Å². The van der Waals surface area contributed by atoms with Gasteiger partial charge in [0.2, 0.25) is 0 Å². The van der Waals surface area contributed by atoms with Crippen LogP contribution in [0.15, 0.2) is 95.0 Å². The lowest BCUT2D eigenvalue weighted by Crippen LogP contribution is -2.34. The molecule has 0 saturated heterocycles. The molecular formula is C30H27FN4O2S. The summed E-state index contributed by atoms with van der Waals surface area (Å²) in [6.45, 7) is 3.42. The van der Waals surface area contributed by atoms with Crippen LogP contribution >= 0.6 is 11.8 Å². The van der Waals surface area contributed by atoms with Gasteiger partial charge in [-0.3, -0.25) is 14.3 Å². The Balaban J connectivity index is 1.27. The molecule has 1 N–H and O–H groups in total. The highest BCUT2D eigenvalue weighted by Crippen LogP contribution is 2.42. The molecular weight excluding hydrogens is 499 g/mol. The Hall–Kier alpha value is -4.17. The summed E-state index contributed by atoms with van der Waals surface area (Å²) in [6.07, 6.45) is 6.38.